The predicted molar refractivity (Wildman–Crippen MR) is 144 cm³/mol. The highest BCUT2D eigenvalue weighted by Gasteiger charge is 2.41. The Bertz CT molecular complexity index is 1720. The number of carboxylic acids is 1. The van der Waals surface area contributed by atoms with Gasteiger partial charge in [-0.1, -0.05) is 36.4 Å². The molecule has 0 bridgehead atoms. The Hall–Kier alpha value is -5.19. The van der Waals surface area contributed by atoms with E-state index in [4.69, 9.17) is 9.47 Å². The van der Waals surface area contributed by atoms with Gasteiger partial charge in [-0.25, -0.2) is 19.4 Å². The van der Waals surface area contributed by atoms with E-state index in [2.05, 4.69) is 15.1 Å². The number of methoxy groups -OCH3 is 1. The topological polar surface area (TPSA) is 99.4 Å². The van der Waals surface area contributed by atoms with Gasteiger partial charge in [-0.15, -0.1) is 0 Å². The van der Waals surface area contributed by atoms with Crippen LogP contribution in [0.25, 0.3) is 28.2 Å². The monoisotopic (exact) mass is 560 g/mol. The van der Waals surface area contributed by atoms with E-state index in [0.29, 0.717) is 33.8 Å². The van der Waals surface area contributed by atoms with E-state index in [0.717, 1.165) is 22.3 Å². The van der Waals surface area contributed by atoms with Crippen molar-refractivity contribution < 1.29 is 32.5 Å². The number of hydrogen-bond donors (Lipinski definition) is 1. The smallest absolute Gasteiger partial charge is 0.434 e. The molecular weight excluding hydrogens is 537 g/mol. The number of pyridine rings is 2. The molecule has 0 saturated carbocycles. The summed E-state index contributed by atoms with van der Waals surface area (Å²) in [5.74, 6) is -0.911. The third-order valence-electron chi connectivity index (χ3n) is 6.39. The minimum absolute atomic E-state index is 0.184. The number of aryl methyl sites for hydroxylation is 1. The number of rotatable bonds is 8. The van der Waals surface area contributed by atoms with Crippen molar-refractivity contribution in [2.45, 2.75) is 19.7 Å². The molecule has 0 atom stereocenters. The van der Waals surface area contributed by atoms with E-state index in [1.165, 1.54) is 12.1 Å². The summed E-state index contributed by atoms with van der Waals surface area (Å²) < 4.78 is 53.0. The van der Waals surface area contributed by atoms with E-state index in [-0.39, 0.29) is 12.4 Å². The van der Waals surface area contributed by atoms with Crippen LogP contribution in [0.5, 0.6) is 11.6 Å². The van der Waals surface area contributed by atoms with Crippen LogP contribution in [-0.2, 0) is 12.8 Å². The second kappa shape index (κ2) is 11.1. The van der Waals surface area contributed by atoms with Gasteiger partial charge >= 0.3 is 12.1 Å². The molecule has 208 valence electrons. The molecular formula is C30H23F3N4O4. The van der Waals surface area contributed by atoms with Crippen molar-refractivity contribution in [3.05, 3.63) is 108 Å². The number of aromatic nitrogens is 4. The average molecular weight is 561 g/mol. The molecule has 0 radical (unpaired) electrons. The van der Waals surface area contributed by atoms with Gasteiger partial charge in [0, 0.05) is 23.4 Å². The summed E-state index contributed by atoms with van der Waals surface area (Å²) in [6.07, 6.45) is -2.56. The van der Waals surface area contributed by atoms with E-state index in [1.807, 2.05) is 31.2 Å². The molecule has 41 heavy (non-hydrogen) atoms. The molecule has 0 aliphatic carbocycles. The first-order valence-corrected chi connectivity index (χ1v) is 12.3. The summed E-state index contributed by atoms with van der Waals surface area (Å²) in [4.78, 5) is 20.0. The molecule has 11 heteroatoms. The Labute approximate surface area is 232 Å². The SMILES string of the molecule is COc1ccc(-c2ccc(COc3ccccc3-c3cccc(-n4ncc(C(=O)O)c4C(F)(F)F)n3)c(C)c2)cn1. The first kappa shape index (κ1) is 27.4. The Morgan fingerprint density at radius 2 is 1.76 bits per heavy atom. The summed E-state index contributed by atoms with van der Waals surface area (Å²) >= 11 is 0. The molecule has 1 N–H and O–H groups in total. The zero-order valence-corrected chi connectivity index (χ0v) is 21.9. The summed E-state index contributed by atoms with van der Waals surface area (Å²) in [6.45, 7) is 2.22. The molecule has 0 saturated heterocycles. The van der Waals surface area contributed by atoms with E-state index >= 15 is 0 Å². The lowest BCUT2D eigenvalue weighted by atomic mass is 10.0. The largest absolute Gasteiger partial charge is 0.488 e. The third-order valence-corrected chi connectivity index (χ3v) is 6.39. The van der Waals surface area contributed by atoms with Gasteiger partial charge in [-0.05, 0) is 53.9 Å². The molecule has 0 aliphatic heterocycles. The minimum Gasteiger partial charge on any atom is -0.488 e. The number of alkyl halides is 3. The van der Waals surface area contributed by atoms with Gasteiger partial charge in [0.05, 0.1) is 19.0 Å². The van der Waals surface area contributed by atoms with Gasteiger partial charge in [-0.2, -0.15) is 18.3 Å². The zero-order chi connectivity index (χ0) is 29.1. The van der Waals surface area contributed by atoms with Gasteiger partial charge < -0.3 is 14.6 Å². The van der Waals surface area contributed by atoms with Crippen molar-refractivity contribution >= 4 is 5.97 Å². The number of halogens is 3. The van der Waals surface area contributed by atoms with Gasteiger partial charge in [0.2, 0.25) is 5.88 Å². The fourth-order valence-electron chi connectivity index (χ4n) is 4.31. The fourth-order valence-corrected chi connectivity index (χ4v) is 4.31. The number of aromatic carboxylic acids is 1. The van der Waals surface area contributed by atoms with Crippen LogP contribution in [0.2, 0.25) is 0 Å². The molecule has 0 fully saturated rings. The van der Waals surface area contributed by atoms with Gasteiger partial charge in [0.25, 0.3) is 0 Å². The Morgan fingerprint density at radius 3 is 2.44 bits per heavy atom. The number of hydrogen-bond acceptors (Lipinski definition) is 6. The highest BCUT2D eigenvalue weighted by atomic mass is 19.4. The lowest BCUT2D eigenvalue weighted by Gasteiger charge is -2.15. The Balaban J connectivity index is 1.41. The number of nitrogens with zero attached hydrogens (tertiary/aromatic N) is 4. The van der Waals surface area contributed by atoms with Crippen LogP contribution < -0.4 is 9.47 Å². The van der Waals surface area contributed by atoms with Crippen LogP contribution in [-0.4, -0.2) is 37.9 Å². The van der Waals surface area contributed by atoms with Crippen molar-refractivity contribution in [1.29, 1.82) is 0 Å². The maximum atomic E-state index is 13.7. The van der Waals surface area contributed by atoms with Crippen LogP contribution >= 0.6 is 0 Å². The van der Waals surface area contributed by atoms with E-state index < -0.39 is 23.4 Å². The predicted octanol–water partition coefficient (Wildman–Crippen LogP) is 6.61. The molecule has 3 aromatic heterocycles. The normalized spacial score (nSPS) is 11.3. The van der Waals surface area contributed by atoms with Crippen molar-refractivity contribution in [3.63, 3.8) is 0 Å². The van der Waals surface area contributed by atoms with Gasteiger partial charge in [0.1, 0.15) is 17.9 Å². The van der Waals surface area contributed by atoms with Crippen molar-refractivity contribution in [2.24, 2.45) is 0 Å². The summed E-state index contributed by atoms with van der Waals surface area (Å²) in [5.41, 5.74) is 2.39. The minimum atomic E-state index is -4.96. The maximum absolute atomic E-state index is 13.7. The van der Waals surface area contributed by atoms with Crippen molar-refractivity contribution in [2.75, 3.05) is 7.11 Å². The molecule has 2 aromatic carbocycles. The highest BCUT2D eigenvalue weighted by molar-refractivity contribution is 5.89. The lowest BCUT2D eigenvalue weighted by Crippen LogP contribution is -2.18. The molecule has 5 rings (SSSR count). The number of carboxylic acid groups (broad SMARTS) is 1. The maximum Gasteiger partial charge on any atom is 0.434 e. The molecule has 3 heterocycles. The summed E-state index contributed by atoms with van der Waals surface area (Å²) in [5, 5.41) is 12.9. The molecule has 8 nitrogen and oxygen atoms in total. The molecule has 0 aliphatic rings. The summed E-state index contributed by atoms with van der Waals surface area (Å²) in [7, 11) is 1.56. The Morgan fingerprint density at radius 1 is 0.976 bits per heavy atom. The first-order chi connectivity index (χ1) is 19.7. The number of carbonyl (C=O) groups is 1. The second-order valence-corrected chi connectivity index (χ2v) is 9.02. The quantitative estimate of drug-likeness (QED) is 0.228. The Kier molecular flexibility index (Phi) is 7.43. The number of para-hydroxylation sites is 1. The standard InChI is InChI=1S/C30H23F3N4O4/c1-18-14-19(20-12-13-27(40-2)34-15-20)10-11-21(18)17-41-25-8-4-3-6-22(25)24-7-5-9-26(36-24)37-28(30(31,32)33)23(16-35-37)29(38)39/h3-16H,17H2,1-2H3,(H,38,39). The number of benzene rings is 2. The lowest BCUT2D eigenvalue weighted by molar-refractivity contribution is -0.143. The van der Waals surface area contributed by atoms with Gasteiger partial charge in [0.15, 0.2) is 11.5 Å². The fraction of sp³-hybridized carbons (Fsp3) is 0.133. The van der Waals surface area contributed by atoms with E-state index in [9.17, 15) is 23.1 Å². The zero-order valence-electron chi connectivity index (χ0n) is 21.9. The summed E-state index contributed by atoms with van der Waals surface area (Å²) in [6, 6.07) is 21.2. The molecule has 0 unspecified atom stereocenters. The second-order valence-electron chi connectivity index (χ2n) is 9.02. The van der Waals surface area contributed by atoms with Crippen molar-refractivity contribution in [1.82, 2.24) is 19.7 Å². The van der Waals surface area contributed by atoms with Crippen molar-refractivity contribution in [3.8, 4) is 39.8 Å². The number of ether oxygens (including phenoxy) is 2. The molecule has 0 amide bonds. The van der Waals surface area contributed by atoms with Crippen LogP contribution in [0.15, 0.2) is 85.2 Å². The third kappa shape index (κ3) is 5.74. The molecule has 0 spiro atoms. The van der Waals surface area contributed by atoms with Crippen LogP contribution in [0.1, 0.15) is 27.2 Å². The van der Waals surface area contributed by atoms with E-state index in [1.54, 1.807) is 49.7 Å². The average Bonchev–Trinajstić information content (AvgIpc) is 3.44. The first-order valence-electron chi connectivity index (χ1n) is 12.3. The van der Waals surface area contributed by atoms with Crippen LogP contribution in [0.3, 0.4) is 0 Å². The van der Waals surface area contributed by atoms with Gasteiger partial charge in [-0.3, -0.25) is 0 Å². The van der Waals surface area contributed by atoms with Crippen LogP contribution in [0.4, 0.5) is 13.2 Å². The highest BCUT2D eigenvalue weighted by Crippen LogP contribution is 2.35. The van der Waals surface area contributed by atoms with Crippen LogP contribution in [0, 0.1) is 6.92 Å². The molecule has 5 aromatic rings.